The smallest absolute Gasteiger partial charge is 0.379 e. The van der Waals surface area contributed by atoms with Crippen LogP contribution in [0.4, 0.5) is 13.2 Å². The third-order valence-electron chi connectivity index (χ3n) is 7.11. The third-order valence-corrected chi connectivity index (χ3v) is 7.11. The van der Waals surface area contributed by atoms with Gasteiger partial charge in [0.25, 0.3) is 5.91 Å². The van der Waals surface area contributed by atoms with Crippen LogP contribution in [-0.2, 0) is 17.5 Å². The molecule has 0 spiro atoms. The first kappa shape index (κ1) is 27.8. The van der Waals surface area contributed by atoms with Gasteiger partial charge in [-0.15, -0.1) is 0 Å². The summed E-state index contributed by atoms with van der Waals surface area (Å²) < 4.78 is 45.9. The minimum absolute atomic E-state index is 0.106. The fourth-order valence-electron chi connectivity index (χ4n) is 4.93. The number of carbonyl (C=O) groups is 2. The minimum Gasteiger partial charge on any atom is -0.379 e. The van der Waals surface area contributed by atoms with Crippen LogP contribution in [0.3, 0.4) is 0 Å². The number of carbonyl (C=O) groups excluding carboxylic acids is 2. The number of amides is 1. The van der Waals surface area contributed by atoms with Crippen molar-refractivity contribution in [3.05, 3.63) is 64.8 Å². The van der Waals surface area contributed by atoms with E-state index in [1.807, 2.05) is 43.8 Å². The van der Waals surface area contributed by atoms with Crippen LogP contribution in [0.15, 0.2) is 42.6 Å². The standard InChI is InChI=1S/C29H34F3N3O3/c1-19(2)38-16-4-5-27(36)24-10-11-26-25(20(24)3)18-35(33-26)17-21-12-14-34(15-13-21)28(37)22-6-8-23(9-7-22)29(30,31)32/h6-11,18-19,21H,4-5,12-17H2,1-3H3. The molecule has 0 bridgehead atoms. The molecule has 1 aliphatic rings. The summed E-state index contributed by atoms with van der Waals surface area (Å²) in [7, 11) is 0. The SMILES string of the molecule is Cc1c(C(=O)CCCOC(C)C)ccc2nn(CC3CCN(C(=O)c4ccc(C(F)(F)F)cc4)CC3)cc12. The highest BCUT2D eigenvalue weighted by atomic mass is 19.4. The number of hydrogen-bond acceptors (Lipinski definition) is 4. The summed E-state index contributed by atoms with van der Waals surface area (Å²) in [4.78, 5) is 27.2. The molecule has 0 unspecified atom stereocenters. The number of ketones is 1. The number of Topliss-reactive ketones (excluding diaryl/α,β-unsaturated/α-hetero) is 1. The van der Waals surface area contributed by atoms with E-state index in [-0.39, 0.29) is 23.4 Å². The fourth-order valence-corrected chi connectivity index (χ4v) is 4.93. The van der Waals surface area contributed by atoms with Gasteiger partial charge in [0.15, 0.2) is 5.78 Å². The van der Waals surface area contributed by atoms with E-state index in [0.717, 1.165) is 47.0 Å². The van der Waals surface area contributed by atoms with E-state index in [0.29, 0.717) is 45.0 Å². The van der Waals surface area contributed by atoms with Crippen LogP contribution in [0.5, 0.6) is 0 Å². The minimum atomic E-state index is -4.42. The van der Waals surface area contributed by atoms with Gasteiger partial charge in [-0.3, -0.25) is 14.3 Å². The quantitative estimate of drug-likeness (QED) is 0.241. The molecule has 0 radical (unpaired) electrons. The van der Waals surface area contributed by atoms with Crippen molar-refractivity contribution >= 4 is 22.6 Å². The van der Waals surface area contributed by atoms with Crippen molar-refractivity contribution in [2.75, 3.05) is 19.7 Å². The maximum Gasteiger partial charge on any atom is 0.416 e. The summed E-state index contributed by atoms with van der Waals surface area (Å²) in [6.07, 6.45) is 0.414. The highest BCUT2D eigenvalue weighted by Crippen LogP contribution is 2.30. The predicted molar refractivity (Wildman–Crippen MR) is 139 cm³/mol. The summed E-state index contributed by atoms with van der Waals surface area (Å²) in [5.41, 5.74) is 2.00. The molecule has 0 N–H and O–H groups in total. The Hall–Kier alpha value is -3.20. The molecule has 1 fully saturated rings. The molecule has 1 amide bonds. The predicted octanol–water partition coefficient (Wildman–Crippen LogP) is 6.30. The van der Waals surface area contributed by atoms with Crippen molar-refractivity contribution in [2.24, 2.45) is 5.92 Å². The summed E-state index contributed by atoms with van der Waals surface area (Å²) in [5.74, 6) is 0.184. The van der Waals surface area contributed by atoms with E-state index in [1.54, 1.807) is 4.90 Å². The van der Waals surface area contributed by atoms with Crippen molar-refractivity contribution < 1.29 is 27.5 Å². The Morgan fingerprint density at radius 1 is 1.08 bits per heavy atom. The van der Waals surface area contributed by atoms with Crippen LogP contribution < -0.4 is 0 Å². The Balaban J connectivity index is 1.33. The summed E-state index contributed by atoms with van der Waals surface area (Å²) in [5, 5.41) is 5.67. The van der Waals surface area contributed by atoms with Gasteiger partial charge in [-0.25, -0.2) is 0 Å². The number of ether oxygens (including phenoxy) is 1. The second kappa shape index (κ2) is 11.7. The number of piperidine rings is 1. The molecule has 6 nitrogen and oxygen atoms in total. The van der Waals surface area contributed by atoms with Crippen LogP contribution in [0.25, 0.3) is 10.9 Å². The van der Waals surface area contributed by atoms with Crippen molar-refractivity contribution in [1.29, 1.82) is 0 Å². The Labute approximate surface area is 220 Å². The van der Waals surface area contributed by atoms with Gasteiger partial charge >= 0.3 is 6.18 Å². The Morgan fingerprint density at radius 2 is 1.76 bits per heavy atom. The van der Waals surface area contributed by atoms with Gasteiger partial charge in [-0.2, -0.15) is 18.3 Å². The number of hydrogen-bond donors (Lipinski definition) is 0. The Bertz CT molecular complexity index is 1270. The molecule has 3 aromatic rings. The van der Waals surface area contributed by atoms with Gasteiger partial charge in [0.1, 0.15) is 0 Å². The van der Waals surface area contributed by atoms with Crippen LogP contribution in [0.1, 0.15) is 71.4 Å². The van der Waals surface area contributed by atoms with E-state index in [4.69, 9.17) is 9.84 Å². The van der Waals surface area contributed by atoms with Crippen molar-refractivity contribution in [3.63, 3.8) is 0 Å². The number of benzene rings is 2. The van der Waals surface area contributed by atoms with Crippen molar-refractivity contribution in [2.45, 2.75) is 65.3 Å². The molecule has 4 rings (SSSR count). The molecule has 9 heteroatoms. The average molecular weight is 530 g/mol. The molecule has 0 aliphatic carbocycles. The molecule has 0 atom stereocenters. The summed E-state index contributed by atoms with van der Waals surface area (Å²) in [6.45, 7) is 8.27. The molecule has 0 saturated carbocycles. The largest absolute Gasteiger partial charge is 0.416 e. The Kier molecular flexibility index (Phi) is 8.55. The monoisotopic (exact) mass is 529 g/mol. The second-order valence-corrected chi connectivity index (χ2v) is 10.3. The maximum atomic E-state index is 12.8. The molecule has 2 aromatic carbocycles. The third kappa shape index (κ3) is 6.62. The highest BCUT2D eigenvalue weighted by Gasteiger charge is 2.31. The normalized spacial score (nSPS) is 15.0. The van der Waals surface area contributed by atoms with Gasteiger partial charge in [-0.1, -0.05) is 0 Å². The zero-order chi connectivity index (χ0) is 27.4. The van der Waals surface area contributed by atoms with Gasteiger partial charge in [0, 0.05) is 55.4 Å². The summed E-state index contributed by atoms with van der Waals surface area (Å²) >= 11 is 0. The fraction of sp³-hybridized carbons (Fsp3) is 0.483. The maximum absolute atomic E-state index is 12.8. The lowest BCUT2D eigenvalue weighted by Crippen LogP contribution is -2.39. The molecule has 1 aliphatic heterocycles. The number of fused-ring (bicyclic) bond motifs is 1. The zero-order valence-electron chi connectivity index (χ0n) is 22.1. The first-order valence-electron chi connectivity index (χ1n) is 13.1. The number of nitrogens with zero attached hydrogens (tertiary/aromatic N) is 3. The van der Waals surface area contributed by atoms with Crippen molar-refractivity contribution in [3.8, 4) is 0 Å². The van der Waals surface area contributed by atoms with E-state index in [2.05, 4.69) is 0 Å². The van der Waals surface area contributed by atoms with Gasteiger partial charge in [0.2, 0.25) is 0 Å². The molecule has 1 aromatic heterocycles. The van der Waals surface area contributed by atoms with Crippen molar-refractivity contribution in [1.82, 2.24) is 14.7 Å². The molecule has 1 saturated heterocycles. The van der Waals surface area contributed by atoms with E-state index >= 15 is 0 Å². The average Bonchev–Trinajstić information content (AvgIpc) is 3.29. The lowest BCUT2D eigenvalue weighted by atomic mass is 9.96. The second-order valence-electron chi connectivity index (χ2n) is 10.3. The first-order valence-corrected chi connectivity index (χ1v) is 13.1. The van der Waals surface area contributed by atoms with E-state index in [1.165, 1.54) is 12.1 Å². The highest BCUT2D eigenvalue weighted by molar-refractivity contribution is 6.01. The Morgan fingerprint density at radius 3 is 2.39 bits per heavy atom. The van der Waals surface area contributed by atoms with Gasteiger partial charge in [-0.05, 0) is 87.9 Å². The van der Waals surface area contributed by atoms with Crippen LogP contribution >= 0.6 is 0 Å². The number of aromatic nitrogens is 2. The molecule has 204 valence electrons. The van der Waals surface area contributed by atoms with Crippen LogP contribution in [0.2, 0.25) is 0 Å². The van der Waals surface area contributed by atoms with Gasteiger partial charge in [0.05, 0.1) is 17.2 Å². The number of halogens is 3. The van der Waals surface area contributed by atoms with E-state index < -0.39 is 11.7 Å². The topological polar surface area (TPSA) is 64.4 Å². The lowest BCUT2D eigenvalue weighted by Gasteiger charge is -2.32. The first-order chi connectivity index (χ1) is 18.0. The molecule has 2 heterocycles. The molecular weight excluding hydrogens is 495 g/mol. The molecule has 38 heavy (non-hydrogen) atoms. The number of alkyl halides is 3. The lowest BCUT2D eigenvalue weighted by molar-refractivity contribution is -0.137. The van der Waals surface area contributed by atoms with Crippen LogP contribution in [0, 0.1) is 12.8 Å². The van der Waals surface area contributed by atoms with Gasteiger partial charge < -0.3 is 9.64 Å². The molecular formula is C29H34F3N3O3. The number of aryl methyl sites for hydroxylation is 1. The number of likely N-dealkylation sites (tertiary alicyclic amines) is 1. The number of rotatable bonds is 9. The zero-order valence-corrected chi connectivity index (χ0v) is 22.1. The van der Waals surface area contributed by atoms with Crippen LogP contribution in [-0.4, -0.2) is 52.2 Å². The summed E-state index contributed by atoms with van der Waals surface area (Å²) in [6, 6.07) is 8.13. The van der Waals surface area contributed by atoms with E-state index in [9.17, 15) is 22.8 Å².